The van der Waals surface area contributed by atoms with Crippen molar-refractivity contribution in [3.63, 3.8) is 0 Å². The molecule has 2 aliphatic rings. The van der Waals surface area contributed by atoms with Gasteiger partial charge in [-0.25, -0.2) is 10.6 Å². The lowest BCUT2D eigenvalue weighted by Gasteiger charge is -2.34. The molecule has 1 saturated carbocycles. The zero-order valence-electron chi connectivity index (χ0n) is 11.9. The van der Waals surface area contributed by atoms with E-state index in [4.69, 9.17) is 10.6 Å². The summed E-state index contributed by atoms with van der Waals surface area (Å²) in [5.74, 6) is 5.11. The first-order chi connectivity index (χ1) is 8.77. The Kier molecular flexibility index (Phi) is 3.47. The first-order valence-electron chi connectivity index (χ1n) is 6.76. The van der Waals surface area contributed by atoms with Crippen molar-refractivity contribution >= 4 is 12.0 Å². The second-order valence-electron chi connectivity index (χ2n) is 6.60. The molecule has 6 nitrogen and oxygen atoms in total. The number of carbonyl (C=O) groups is 2. The van der Waals surface area contributed by atoms with Gasteiger partial charge in [0.2, 0.25) is 5.91 Å². The molecule has 6 heteroatoms. The van der Waals surface area contributed by atoms with E-state index in [1.807, 2.05) is 20.8 Å². The van der Waals surface area contributed by atoms with Crippen LogP contribution in [-0.4, -0.2) is 35.6 Å². The molecule has 1 spiro atoms. The van der Waals surface area contributed by atoms with Crippen molar-refractivity contribution in [2.24, 2.45) is 17.2 Å². The molecule has 2 fully saturated rings. The number of rotatable bonds is 1. The summed E-state index contributed by atoms with van der Waals surface area (Å²) in [6, 6.07) is 0. The highest BCUT2D eigenvalue weighted by Gasteiger charge is 2.58. The predicted molar refractivity (Wildman–Crippen MR) is 69.9 cm³/mol. The van der Waals surface area contributed by atoms with Gasteiger partial charge in [0, 0.05) is 19.0 Å². The third kappa shape index (κ3) is 3.00. The number of carbonyl (C=O) groups excluding carboxylic acids is 2. The van der Waals surface area contributed by atoms with Crippen LogP contribution >= 0.6 is 0 Å². The second kappa shape index (κ2) is 4.67. The molecule has 1 saturated heterocycles. The first kappa shape index (κ1) is 14.1. The highest BCUT2D eigenvalue weighted by molar-refractivity contribution is 5.82. The van der Waals surface area contributed by atoms with Gasteiger partial charge in [0.05, 0.1) is 0 Å². The van der Waals surface area contributed by atoms with Crippen molar-refractivity contribution in [1.82, 2.24) is 10.3 Å². The molecule has 0 aromatic rings. The molecule has 3 N–H and O–H groups in total. The Balaban J connectivity index is 1.84. The standard InChI is InChI=1S/C13H23N3O3/c1-12(2,3)19-11(18)16-6-4-13(5-7-16)8-9(13)10(17)15-14/h9H,4-8,14H2,1-3H3,(H,15,17)/t9-/m0/s1. The molecule has 19 heavy (non-hydrogen) atoms. The molecule has 1 aliphatic heterocycles. The predicted octanol–water partition coefficient (Wildman–Crippen LogP) is 1.01. The summed E-state index contributed by atoms with van der Waals surface area (Å²) in [5, 5.41) is 0. The van der Waals surface area contributed by atoms with Crippen LogP contribution in [0, 0.1) is 11.3 Å². The molecule has 1 heterocycles. The molecule has 1 atom stereocenters. The lowest BCUT2D eigenvalue weighted by atomic mass is 9.91. The average Bonchev–Trinajstić information content (AvgIpc) is 3.01. The van der Waals surface area contributed by atoms with E-state index < -0.39 is 5.60 Å². The third-order valence-corrected chi connectivity index (χ3v) is 4.06. The van der Waals surface area contributed by atoms with Gasteiger partial charge in [-0.3, -0.25) is 10.2 Å². The lowest BCUT2D eigenvalue weighted by Crippen LogP contribution is -2.43. The maximum Gasteiger partial charge on any atom is 0.410 e. The Hall–Kier alpha value is -1.30. The minimum atomic E-state index is -0.465. The smallest absolute Gasteiger partial charge is 0.410 e. The number of likely N-dealkylation sites (tertiary alicyclic amines) is 1. The van der Waals surface area contributed by atoms with Gasteiger partial charge in [-0.1, -0.05) is 0 Å². The molecular formula is C13H23N3O3. The van der Waals surface area contributed by atoms with Crippen LogP contribution in [0.5, 0.6) is 0 Å². The van der Waals surface area contributed by atoms with Gasteiger partial charge in [-0.05, 0) is 45.4 Å². The Morgan fingerprint density at radius 3 is 2.37 bits per heavy atom. The van der Waals surface area contributed by atoms with Crippen molar-refractivity contribution in [1.29, 1.82) is 0 Å². The zero-order chi connectivity index (χ0) is 14.3. The highest BCUT2D eigenvalue weighted by Crippen LogP contribution is 2.59. The summed E-state index contributed by atoms with van der Waals surface area (Å²) in [4.78, 5) is 25.2. The van der Waals surface area contributed by atoms with Crippen LogP contribution in [0.3, 0.4) is 0 Å². The first-order valence-corrected chi connectivity index (χ1v) is 6.76. The third-order valence-electron chi connectivity index (χ3n) is 4.06. The maximum atomic E-state index is 11.9. The highest BCUT2D eigenvalue weighted by atomic mass is 16.6. The summed E-state index contributed by atoms with van der Waals surface area (Å²) >= 11 is 0. The van der Waals surface area contributed by atoms with E-state index in [0.717, 1.165) is 19.3 Å². The number of amides is 2. The molecule has 2 amide bonds. The molecule has 2 rings (SSSR count). The topological polar surface area (TPSA) is 84.7 Å². The Morgan fingerprint density at radius 1 is 1.32 bits per heavy atom. The SMILES string of the molecule is CC(C)(C)OC(=O)N1CCC2(CC1)C[C@H]2C(=O)NN. The number of nitrogens with one attached hydrogen (secondary N) is 1. The Bertz CT molecular complexity index is 381. The summed E-state index contributed by atoms with van der Waals surface area (Å²) in [6.07, 6.45) is 2.33. The normalized spacial score (nSPS) is 25.1. The van der Waals surface area contributed by atoms with Crippen LogP contribution in [-0.2, 0) is 9.53 Å². The molecule has 108 valence electrons. The molecule has 0 radical (unpaired) electrons. The number of ether oxygens (including phenoxy) is 1. The molecule has 0 aromatic carbocycles. The molecule has 0 unspecified atom stereocenters. The Labute approximate surface area is 113 Å². The van der Waals surface area contributed by atoms with Gasteiger partial charge < -0.3 is 9.64 Å². The number of hydrazine groups is 1. The van der Waals surface area contributed by atoms with Crippen molar-refractivity contribution in [2.75, 3.05) is 13.1 Å². The van der Waals surface area contributed by atoms with Crippen LogP contribution in [0.2, 0.25) is 0 Å². The van der Waals surface area contributed by atoms with Gasteiger partial charge in [0.25, 0.3) is 0 Å². The van der Waals surface area contributed by atoms with Gasteiger partial charge in [0.15, 0.2) is 0 Å². The van der Waals surface area contributed by atoms with Gasteiger partial charge >= 0.3 is 6.09 Å². The molecule has 0 bridgehead atoms. The minimum Gasteiger partial charge on any atom is -0.444 e. The van der Waals surface area contributed by atoms with Crippen LogP contribution < -0.4 is 11.3 Å². The fourth-order valence-corrected chi connectivity index (χ4v) is 2.83. The molecular weight excluding hydrogens is 246 g/mol. The fraction of sp³-hybridized carbons (Fsp3) is 0.846. The number of nitrogens with zero attached hydrogens (tertiary/aromatic N) is 1. The number of hydrogen-bond donors (Lipinski definition) is 2. The fourth-order valence-electron chi connectivity index (χ4n) is 2.83. The molecule has 1 aliphatic carbocycles. The number of piperidine rings is 1. The Morgan fingerprint density at radius 2 is 1.89 bits per heavy atom. The van der Waals surface area contributed by atoms with E-state index in [1.54, 1.807) is 4.90 Å². The minimum absolute atomic E-state index is 0.0262. The quantitative estimate of drug-likeness (QED) is 0.423. The van der Waals surface area contributed by atoms with E-state index in [0.29, 0.717) is 13.1 Å². The van der Waals surface area contributed by atoms with Gasteiger partial charge in [-0.2, -0.15) is 0 Å². The van der Waals surface area contributed by atoms with E-state index in [9.17, 15) is 9.59 Å². The second-order valence-corrected chi connectivity index (χ2v) is 6.60. The van der Waals surface area contributed by atoms with Crippen LogP contribution in [0.1, 0.15) is 40.0 Å². The van der Waals surface area contributed by atoms with Crippen molar-refractivity contribution in [3.05, 3.63) is 0 Å². The van der Waals surface area contributed by atoms with E-state index in [1.165, 1.54) is 0 Å². The van der Waals surface area contributed by atoms with Crippen LogP contribution in [0.4, 0.5) is 4.79 Å². The summed E-state index contributed by atoms with van der Waals surface area (Å²) in [7, 11) is 0. The number of hydrogen-bond acceptors (Lipinski definition) is 4. The van der Waals surface area contributed by atoms with Crippen molar-refractivity contribution in [2.45, 2.75) is 45.6 Å². The number of nitrogens with two attached hydrogens (primary N) is 1. The van der Waals surface area contributed by atoms with E-state index in [-0.39, 0.29) is 23.3 Å². The molecule has 0 aromatic heterocycles. The monoisotopic (exact) mass is 269 g/mol. The lowest BCUT2D eigenvalue weighted by molar-refractivity contribution is -0.123. The van der Waals surface area contributed by atoms with E-state index in [2.05, 4.69) is 5.43 Å². The van der Waals surface area contributed by atoms with E-state index >= 15 is 0 Å². The van der Waals surface area contributed by atoms with Crippen LogP contribution in [0.15, 0.2) is 0 Å². The maximum absolute atomic E-state index is 11.9. The zero-order valence-corrected chi connectivity index (χ0v) is 11.9. The van der Waals surface area contributed by atoms with Gasteiger partial charge in [-0.15, -0.1) is 0 Å². The summed E-state index contributed by atoms with van der Waals surface area (Å²) in [5.41, 5.74) is 1.83. The average molecular weight is 269 g/mol. The van der Waals surface area contributed by atoms with Crippen molar-refractivity contribution in [3.8, 4) is 0 Å². The van der Waals surface area contributed by atoms with Gasteiger partial charge in [0.1, 0.15) is 5.60 Å². The van der Waals surface area contributed by atoms with Crippen molar-refractivity contribution < 1.29 is 14.3 Å². The summed E-state index contributed by atoms with van der Waals surface area (Å²) in [6.45, 7) is 6.89. The summed E-state index contributed by atoms with van der Waals surface area (Å²) < 4.78 is 5.35. The van der Waals surface area contributed by atoms with Crippen LogP contribution in [0.25, 0.3) is 0 Å². The largest absolute Gasteiger partial charge is 0.444 e.